The van der Waals surface area contributed by atoms with E-state index in [-0.39, 0.29) is 5.41 Å². The van der Waals surface area contributed by atoms with Crippen molar-refractivity contribution < 1.29 is 4.79 Å². The highest BCUT2D eigenvalue weighted by molar-refractivity contribution is 5.89. The highest BCUT2D eigenvalue weighted by atomic mass is 16.1. The molecule has 3 atom stereocenters. The van der Waals surface area contributed by atoms with Gasteiger partial charge >= 0.3 is 0 Å². The third-order valence-corrected chi connectivity index (χ3v) is 4.67. The lowest BCUT2D eigenvalue weighted by atomic mass is 9.64. The number of carbonyl (C=O) groups is 1. The van der Waals surface area contributed by atoms with Crippen LogP contribution in [0.1, 0.15) is 44.9 Å². The van der Waals surface area contributed by atoms with Gasteiger partial charge in [0.25, 0.3) is 0 Å². The van der Waals surface area contributed by atoms with Crippen LogP contribution in [0.2, 0.25) is 0 Å². The zero-order valence-electron chi connectivity index (χ0n) is 8.67. The van der Waals surface area contributed by atoms with Crippen molar-refractivity contribution in [1.29, 1.82) is 0 Å². The molecule has 14 heavy (non-hydrogen) atoms. The fourth-order valence-electron chi connectivity index (χ4n) is 3.95. The van der Waals surface area contributed by atoms with Crippen molar-refractivity contribution >= 4 is 5.78 Å². The highest BCUT2D eigenvalue weighted by Gasteiger charge is 2.51. The van der Waals surface area contributed by atoms with E-state index in [9.17, 15) is 4.79 Å². The van der Waals surface area contributed by atoms with E-state index in [1.165, 1.54) is 32.1 Å². The van der Waals surface area contributed by atoms with Gasteiger partial charge in [-0.2, -0.15) is 0 Å². The van der Waals surface area contributed by atoms with E-state index in [1.54, 1.807) is 0 Å². The number of hydrogen-bond donors (Lipinski definition) is 0. The lowest BCUT2D eigenvalue weighted by Gasteiger charge is -2.38. The Labute approximate surface area is 85.6 Å². The molecule has 1 heteroatoms. The van der Waals surface area contributed by atoms with Crippen LogP contribution in [-0.2, 0) is 4.79 Å². The van der Waals surface area contributed by atoms with E-state index in [4.69, 9.17) is 0 Å². The van der Waals surface area contributed by atoms with E-state index in [0.29, 0.717) is 17.6 Å². The lowest BCUT2D eigenvalue weighted by molar-refractivity contribution is -0.137. The van der Waals surface area contributed by atoms with Gasteiger partial charge in [0.2, 0.25) is 0 Å². The minimum absolute atomic E-state index is 0.107. The third kappa shape index (κ3) is 0.986. The summed E-state index contributed by atoms with van der Waals surface area (Å²) >= 11 is 0. The Morgan fingerprint density at radius 1 is 1.21 bits per heavy atom. The smallest absolute Gasteiger partial charge is 0.142 e. The molecule has 3 rings (SSSR count). The predicted molar refractivity (Wildman–Crippen MR) is 55.9 cm³/mol. The molecule has 2 saturated carbocycles. The summed E-state index contributed by atoms with van der Waals surface area (Å²) in [6.07, 6.45) is 13.0. The van der Waals surface area contributed by atoms with Gasteiger partial charge in [-0.1, -0.05) is 25.0 Å². The molecule has 0 aliphatic heterocycles. The van der Waals surface area contributed by atoms with E-state index in [1.807, 2.05) is 0 Å². The average Bonchev–Trinajstić information content (AvgIpc) is 2.55. The summed E-state index contributed by atoms with van der Waals surface area (Å²) in [6.45, 7) is 0. The summed E-state index contributed by atoms with van der Waals surface area (Å²) in [5.41, 5.74) is 0.107. The van der Waals surface area contributed by atoms with Crippen LogP contribution in [0.3, 0.4) is 0 Å². The van der Waals surface area contributed by atoms with Crippen LogP contribution in [-0.4, -0.2) is 5.78 Å². The molecule has 0 aromatic heterocycles. The first-order valence-corrected chi connectivity index (χ1v) is 6.04. The van der Waals surface area contributed by atoms with Crippen LogP contribution in [0.5, 0.6) is 0 Å². The van der Waals surface area contributed by atoms with Gasteiger partial charge < -0.3 is 0 Å². The first-order valence-electron chi connectivity index (χ1n) is 6.04. The number of carbonyl (C=O) groups excluding carboxylic acids is 1. The minimum atomic E-state index is 0.107. The molecule has 0 heterocycles. The van der Waals surface area contributed by atoms with E-state index in [0.717, 1.165) is 12.8 Å². The Hall–Kier alpha value is -0.590. The monoisotopic (exact) mass is 190 g/mol. The molecule has 0 radical (unpaired) electrons. The Balaban J connectivity index is 2.05. The van der Waals surface area contributed by atoms with Gasteiger partial charge in [0.15, 0.2) is 0 Å². The number of Topliss-reactive ketones (excluding diaryl/α,β-unsaturated/α-hetero) is 1. The van der Waals surface area contributed by atoms with Crippen molar-refractivity contribution in [2.24, 2.45) is 17.3 Å². The van der Waals surface area contributed by atoms with Crippen molar-refractivity contribution in [3.63, 3.8) is 0 Å². The zero-order valence-corrected chi connectivity index (χ0v) is 8.67. The molecule has 0 N–H and O–H groups in total. The van der Waals surface area contributed by atoms with Crippen molar-refractivity contribution in [3.8, 4) is 0 Å². The number of hydrogen-bond acceptors (Lipinski definition) is 1. The second kappa shape index (κ2) is 2.95. The minimum Gasteiger partial charge on any atom is -0.299 e. The molecule has 3 aliphatic rings. The molecule has 0 amide bonds. The number of ketones is 1. The summed E-state index contributed by atoms with van der Waals surface area (Å²) in [6, 6.07) is 0. The largest absolute Gasteiger partial charge is 0.299 e. The summed E-state index contributed by atoms with van der Waals surface area (Å²) in [5.74, 6) is 1.60. The molecule has 0 saturated heterocycles. The van der Waals surface area contributed by atoms with Gasteiger partial charge in [-0.3, -0.25) is 4.79 Å². The van der Waals surface area contributed by atoms with E-state index >= 15 is 0 Å². The summed E-state index contributed by atoms with van der Waals surface area (Å²) in [7, 11) is 0. The maximum absolute atomic E-state index is 12.4. The Bertz CT molecular complexity index is 292. The van der Waals surface area contributed by atoms with E-state index in [2.05, 4.69) is 12.2 Å². The van der Waals surface area contributed by atoms with Crippen molar-refractivity contribution in [3.05, 3.63) is 12.2 Å². The molecular formula is C13H18O. The molecule has 0 aromatic rings. The van der Waals surface area contributed by atoms with E-state index < -0.39 is 0 Å². The summed E-state index contributed by atoms with van der Waals surface area (Å²) < 4.78 is 0. The second-order valence-corrected chi connectivity index (χ2v) is 5.27. The highest BCUT2D eigenvalue weighted by Crippen LogP contribution is 2.54. The van der Waals surface area contributed by atoms with Gasteiger partial charge in [-0.25, -0.2) is 0 Å². The van der Waals surface area contributed by atoms with Crippen LogP contribution >= 0.6 is 0 Å². The van der Waals surface area contributed by atoms with Crippen molar-refractivity contribution in [2.45, 2.75) is 44.9 Å². The Morgan fingerprint density at radius 3 is 2.86 bits per heavy atom. The molecule has 3 aliphatic carbocycles. The molecule has 2 bridgehead atoms. The Kier molecular flexibility index (Phi) is 1.83. The Morgan fingerprint density at radius 2 is 2.00 bits per heavy atom. The lowest BCUT2D eigenvalue weighted by Crippen LogP contribution is -2.40. The normalized spacial score (nSPS) is 46.1. The number of rotatable bonds is 0. The van der Waals surface area contributed by atoms with Crippen LogP contribution in [0.15, 0.2) is 12.2 Å². The van der Waals surface area contributed by atoms with Gasteiger partial charge in [-0.15, -0.1) is 0 Å². The van der Waals surface area contributed by atoms with Gasteiger partial charge in [0, 0.05) is 11.3 Å². The topological polar surface area (TPSA) is 17.1 Å². The van der Waals surface area contributed by atoms with Crippen LogP contribution in [0.25, 0.3) is 0 Å². The fraction of sp³-hybridized carbons (Fsp3) is 0.769. The molecule has 0 aromatic carbocycles. The molecule has 1 nitrogen and oxygen atoms in total. The van der Waals surface area contributed by atoms with Crippen molar-refractivity contribution in [1.82, 2.24) is 0 Å². The van der Waals surface area contributed by atoms with Gasteiger partial charge in [0.1, 0.15) is 5.78 Å². The number of fused-ring (bicyclic) bond motifs is 1. The third-order valence-electron chi connectivity index (χ3n) is 4.67. The average molecular weight is 190 g/mol. The van der Waals surface area contributed by atoms with Gasteiger partial charge in [0.05, 0.1) is 0 Å². The SMILES string of the molecule is O=C1C2CC=CC3CCCC13CCC2. The first-order chi connectivity index (χ1) is 6.83. The van der Waals surface area contributed by atoms with Gasteiger partial charge in [-0.05, 0) is 38.0 Å². The fourth-order valence-corrected chi connectivity index (χ4v) is 3.95. The second-order valence-electron chi connectivity index (χ2n) is 5.27. The first kappa shape index (κ1) is 8.70. The molecule has 2 fully saturated rings. The van der Waals surface area contributed by atoms with Crippen molar-refractivity contribution in [2.75, 3.05) is 0 Å². The summed E-state index contributed by atoms with van der Waals surface area (Å²) in [4.78, 5) is 12.4. The van der Waals surface area contributed by atoms with Crippen LogP contribution < -0.4 is 0 Å². The quantitative estimate of drug-likeness (QED) is 0.536. The predicted octanol–water partition coefficient (Wildman–Crippen LogP) is 3.10. The molecule has 76 valence electrons. The number of allylic oxidation sites excluding steroid dienone is 2. The molecule has 1 spiro atoms. The molecule has 3 unspecified atom stereocenters. The van der Waals surface area contributed by atoms with Crippen LogP contribution in [0.4, 0.5) is 0 Å². The maximum Gasteiger partial charge on any atom is 0.142 e. The summed E-state index contributed by atoms with van der Waals surface area (Å²) in [5, 5.41) is 0. The maximum atomic E-state index is 12.4. The standard InChI is InChI=1S/C13H18O/c14-12-10-4-1-6-11-7-3-9-13(11,12)8-2-5-10/h1,6,10-11H,2-5,7-9H2. The van der Waals surface area contributed by atoms with Crippen LogP contribution in [0, 0.1) is 17.3 Å². The molecular weight excluding hydrogens is 172 g/mol. The zero-order chi connectivity index (χ0) is 9.60.